The van der Waals surface area contributed by atoms with Crippen molar-refractivity contribution in [2.24, 2.45) is 0 Å². The van der Waals surface area contributed by atoms with Gasteiger partial charge in [0.1, 0.15) is 5.75 Å². The van der Waals surface area contributed by atoms with Crippen molar-refractivity contribution < 1.29 is 4.43 Å². The molecule has 1 rings (SSSR count). The highest BCUT2D eigenvalue weighted by atomic mass is 79.9. The van der Waals surface area contributed by atoms with Crippen LogP contribution in [0.3, 0.4) is 0 Å². The van der Waals surface area contributed by atoms with E-state index >= 15 is 0 Å². The lowest BCUT2D eigenvalue weighted by molar-refractivity contribution is 0.550. The monoisotopic (exact) mass is 272 g/mol. The van der Waals surface area contributed by atoms with E-state index in [-0.39, 0.29) is 0 Å². The second kappa shape index (κ2) is 4.98. The predicted octanol–water partition coefficient (Wildman–Crippen LogP) is 3.84. The zero-order chi connectivity index (χ0) is 10.6. The van der Waals surface area contributed by atoms with E-state index in [0.717, 1.165) is 17.5 Å². The topological polar surface area (TPSA) is 9.23 Å². The minimum absolute atomic E-state index is 0.985. The lowest BCUT2D eigenvalue weighted by atomic mass is 10.1. The van der Waals surface area contributed by atoms with E-state index in [9.17, 15) is 0 Å². The molecule has 1 nitrogen and oxygen atoms in total. The maximum absolute atomic E-state index is 6.00. The average molecular weight is 273 g/mol. The van der Waals surface area contributed by atoms with Crippen molar-refractivity contribution in [2.75, 3.05) is 5.33 Å². The van der Waals surface area contributed by atoms with Crippen molar-refractivity contribution in [1.82, 2.24) is 0 Å². The van der Waals surface area contributed by atoms with Gasteiger partial charge < -0.3 is 4.43 Å². The van der Waals surface area contributed by atoms with Crippen molar-refractivity contribution in [3.05, 3.63) is 29.8 Å². The zero-order valence-corrected chi connectivity index (χ0v) is 11.6. The number of hydrogen-bond donors (Lipinski definition) is 0. The Morgan fingerprint density at radius 1 is 1.21 bits per heavy atom. The highest BCUT2D eigenvalue weighted by Gasteiger charge is 2.17. The molecule has 0 bridgehead atoms. The molecule has 1 aromatic rings. The van der Waals surface area contributed by atoms with Crippen LogP contribution in [0, 0.1) is 0 Å². The van der Waals surface area contributed by atoms with Gasteiger partial charge in [-0.25, -0.2) is 0 Å². The number of rotatable bonds is 4. The molecule has 0 spiro atoms. The second-order valence-corrected chi connectivity index (χ2v) is 9.48. The van der Waals surface area contributed by atoms with Crippen LogP contribution in [0.2, 0.25) is 19.6 Å². The lowest BCUT2D eigenvalue weighted by Crippen LogP contribution is -2.29. The number of alkyl halides is 1. The van der Waals surface area contributed by atoms with Crippen molar-refractivity contribution in [3.8, 4) is 5.75 Å². The first kappa shape index (κ1) is 11.8. The van der Waals surface area contributed by atoms with E-state index in [1.165, 1.54) is 5.56 Å². The molecule has 0 unspecified atom stereocenters. The molecule has 0 aliphatic carbocycles. The molecule has 0 radical (unpaired) electrons. The van der Waals surface area contributed by atoms with Gasteiger partial charge in [-0.1, -0.05) is 34.1 Å². The van der Waals surface area contributed by atoms with Crippen molar-refractivity contribution in [3.63, 3.8) is 0 Å². The molecule has 0 aromatic heterocycles. The third-order valence-electron chi connectivity index (χ3n) is 1.75. The van der Waals surface area contributed by atoms with Crippen LogP contribution in [-0.4, -0.2) is 13.6 Å². The molecule has 0 amide bonds. The van der Waals surface area contributed by atoms with Gasteiger partial charge in [0.25, 0.3) is 0 Å². The maximum Gasteiger partial charge on any atom is 0.242 e. The van der Waals surface area contributed by atoms with E-state index in [1.807, 2.05) is 6.07 Å². The van der Waals surface area contributed by atoms with E-state index in [2.05, 4.69) is 53.8 Å². The Bertz CT molecular complexity index is 294. The largest absolute Gasteiger partial charge is 0.544 e. The van der Waals surface area contributed by atoms with E-state index in [4.69, 9.17) is 4.43 Å². The third-order valence-corrected chi connectivity index (χ3v) is 2.98. The molecule has 0 saturated carbocycles. The second-order valence-electron chi connectivity index (χ2n) is 4.26. The van der Waals surface area contributed by atoms with Crippen LogP contribution in [0.5, 0.6) is 5.75 Å². The third kappa shape index (κ3) is 3.84. The standard InChI is InChI=1S/C11H17BrOSi/c1-14(2,3)13-11-7-5-4-6-10(11)8-9-12/h4-7H,8-9H2,1-3H3. The average Bonchev–Trinajstić information content (AvgIpc) is 2.06. The summed E-state index contributed by atoms with van der Waals surface area (Å²) in [5.41, 5.74) is 1.30. The van der Waals surface area contributed by atoms with Crippen LogP contribution in [0.4, 0.5) is 0 Å². The van der Waals surface area contributed by atoms with E-state index in [1.54, 1.807) is 0 Å². The summed E-state index contributed by atoms with van der Waals surface area (Å²) in [4.78, 5) is 0. The van der Waals surface area contributed by atoms with Gasteiger partial charge in [0.05, 0.1) is 0 Å². The number of benzene rings is 1. The number of halogens is 1. The summed E-state index contributed by atoms with van der Waals surface area (Å²) in [5.74, 6) is 1.06. The summed E-state index contributed by atoms with van der Waals surface area (Å²) >= 11 is 3.46. The number of hydrogen-bond acceptors (Lipinski definition) is 1. The molecule has 0 atom stereocenters. The van der Waals surface area contributed by atoms with E-state index < -0.39 is 8.32 Å². The van der Waals surface area contributed by atoms with E-state index in [0.29, 0.717) is 0 Å². The molecule has 0 fully saturated rings. The van der Waals surface area contributed by atoms with Gasteiger partial charge in [0, 0.05) is 5.33 Å². The van der Waals surface area contributed by atoms with Gasteiger partial charge in [0.15, 0.2) is 0 Å². The molecule has 0 heterocycles. The molecular weight excluding hydrogens is 256 g/mol. The molecule has 14 heavy (non-hydrogen) atoms. The van der Waals surface area contributed by atoms with Crippen LogP contribution >= 0.6 is 15.9 Å². The fourth-order valence-electron chi connectivity index (χ4n) is 1.24. The predicted molar refractivity (Wildman–Crippen MR) is 67.9 cm³/mol. The van der Waals surface area contributed by atoms with Gasteiger partial charge in [-0.15, -0.1) is 0 Å². The minimum Gasteiger partial charge on any atom is -0.544 e. The normalized spacial score (nSPS) is 11.4. The highest BCUT2D eigenvalue weighted by Crippen LogP contribution is 2.22. The van der Waals surface area contributed by atoms with Gasteiger partial charge in [-0.05, 0) is 37.7 Å². The van der Waals surface area contributed by atoms with Gasteiger partial charge in [-0.3, -0.25) is 0 Å². The first-order valence-corrected chi connectivity index (χ1v) is 9.39. The molecule has 78 valence electrons. The number of aryl methyl sites for hydroxylation is 1. The maximum atomic E-state index is 6.00. The quantitative estimate of drug-likeness (QED) is 0.598. The van der Waals surface area contributed by atoms with Crippen LogP contribution in [0.15, 0.2) is 24.3 Å². The van der Waals surface area contributed by atoms with Crippen molar-refractivity contribution >= 4 is 24.2 Å². The minimum atomic E-state index is -1.47. The Balaban J connectivity index is 2.84. The lowest BCUT2D eigenvalue weighted by Gasteiger charge is -2.21. The Hall–Kier alpha value is -0.283. The van der Waals surface area contributed by atoms with Gasteiger partial charge in [0.2, 0.25) is 8.32 Å². The smallest absolute Gasteiger partial charge is 0.242 e. The summed E-state index contributed by atoms with van der Waals surface area (Å²) in [7, 11) is -1.47. The molecule has 1 aromatic carbocycles. The Kier molecular flexibility index (Phi) is 4.20. The summed E-state index contributed by atoms with van der Waals surface area (Å²) in [6, 6.07) is 8.30. The first-order valence-electron chi connectivity index (χ1n) is 4.86. The first-order chi connectivity index (χ1) is 6.53. The summed E-state index contributed by atoms with van der Waals surface area (Å²) in [6.07, 6.45) is 1.03. The molecule has 0 saturated heterocycles. The molecule has 0 aliphatic heterocycles. The summed E-state index contributed by atoms with van der Waals surface area (Å²) < 4.78 is 6.00. The number of para-hydroxylation sites is 1. The fraction of sp³-hybridized carbons (Fsp3) is 0.455. The SMILES string of the molecule is C[Si](C)(C)Oc1ccccc1CCBr. The fourth-order valence-corrected chi connectivity index (χ4v) is 2.53. The Morgan fingerprint density at radius 2 is 1.86 bits per heavy atom. The Labute approximate surface area is 95.7 Å². The summed E-state index contributed by atoms with van der Waals surface area (Å²) in [5, 5.41) is 0.985. The van der Waals surface area contributed by atoms with Crippen LogP contribution in [0.25, 0.3) is 0 Å². The molecule has 3 heteroatoms. The van der Waals surface area contributed by atoms with Crippen LogP contribution < -0.4 is 4.43 Å². The van der Waals surface area contributed by atoms with Crippen molar-refractivity contribution in [2.45, 2.75) is 26.1 Å². The highest BCUT2D eigenvalue weighted by molar-refractivity contribution is 9.09. The zero-order valence-electron chi connectivity index (χ0n) is 9.01. The molecular formula is C11H17BrOSi. The van der Waals surface area contributed by atoms with Crippen molar-refractivity contribution in [1.29, 1.82) is 0 Å². The molecule has 0 aliphatic rings. The van der Waals surface area contributed by atoms with Crippen LogP contribution in [0.1, 0.15) is 5.56 Å². The van der Waals surface area contributed by atoms with Gasteiger partial charge in [-0.2, -0.15) is 0 Å². The molecule has 0 N–H and O–H groups in total. The summed E-state index contributed by atoms with van der Waals surface area (Å²) in [6.45, 7) is 6.62. The van der Waals surface area contributed by atoms with Crippen LogP contribution in [-0.2, 0) is 6.42 Å². The Morgan fingerprint density at radius 3 is 2.43 bits per heavy atom. The van der Waals surface area contributed by atoms with Gasteiger partial charge >= 0.3 is 0 Å².